The zero-order chi connectivity index (χ0) is 29.9. The number of aliphatic hydroxyl groups excluding tert-OH is 1. The van der Waals surface area contributed by atoms with Gasteiger partial charge in [-0.3, -0.25) is 13.9 Å². The quantitative estimate of drug-likeness (QED) is 0.176. The van der Waals surface area contributed by atoms with Gasteiger partial charge in [0.2, 0.25) is 11.6 Å². The zero-order valence-electron chi connectivity index (χ0n) is 22.7. The molecule has 14 nitrogen and oxygen atoms in total. The number of hydrogen-bond donors (Lipinski definition) is 4. The molecule has 1 aliphatic heterocycles. The normalized spacial score (nSPS) is 24.7. The molecule has 0 aliphatic carbocycles. The summed E-state index contributed by atoms with van der Waals surface area (Å²) in [7, 11) is -2.82. The van der Waals surface area contributed by atoms with Crippen molar-refractivity contribution in [1.82, 2.24) is 24.6 Å². The van der Waals surface area contributed by atoms with E-state index in [0.29, 0.717) is 0 Å². The minimum atomic E-state index is -4.38. The number of aliphatic hydroxyl groups is 1. The van der Waals surface area contributed by atoms with Gasteiger partial charge in [-0.05, 0) is 32.9 Å². The van der Waals surface area contributed by atoms with Crippen LogP contribution in [0.15, 0.2) is 36.7 Å². The number of ether oxygens (including phenoxy) is 2. The molecular weight excluding hydrogens is 567 g/mol. The van der Waals surface area contributed by atoms with Crippen LogP contribution >= 0.6 is 7.75 Å². The average Bonchev–Trinajstić information content (AvgIpc) is 3.45. The van der Waals surface area contributed by atoms with Gasteiger partial charge in [-0.1, -0.05) is 18.2 Å². The van der Waals surface area contributed by atoms with Crippen LogP contribution in [0.5, 0.6) is 5.75 Å². The van der Waals surface area contributed by atoms with Gasteiger partial charge in [0, 0.05) is 7.05 Å². The third-order valence-electron chi connectivity index (χ3n) is 6.13. The number of fused-ring (bicyclic) bond motifs is 1. The highest BCUT2D eigenvalue weighted by Gasteiger charge is 2.59. The zero-order valence-corrected chi connectivity index (χ0v) is 23.6. The Morgan fingerprint density at radius 2 is 2.00 bits per heavy atom. The second kappa shape index (κ2) is 12.2. The lowest BCUT2D eigenvalue weighted by molar-refractivity contribution is -0.149. The van der Waals surface area contributed by atoms with E-state index in [9.17, 15) is 18.9 Å². The number of aromatic nitrogens is 4. The number of carbonyl (C=O) groups excluding carboxylic acids is 1. The van der Waals surface area contributed by atoms with Crippen LogP contribution in [0.1, 0.15) is 27.0 Å². The molecule has 3 heterocycles. The van der Waals surface area contributed by atoms with Crippen LogP contribution in [0.25, 0.3) is 11.2 Å². The van der Waals surface area contributed by atoms with Crippen molar-refractivity contribution in [3.8, 4) is 5.75 Å². The lowest BCUT2D eigenvalue weighted by atomic mass is 9.97. The molecule has 6 atom stereocenters. The van der Waals surface area contributed by atoms with Crippen LogP contribution in [0.4, 0.5) is 20.5 Å². The summed E-state index contributed by atoms with van der Waals surface area (Å²) in [5.41, 5.74) is 3.01. The van der Waals surface area contributed by atoms with E-state index in [1.54, 1.807) is 39.1 Å². The SMILES string of the molecule is CNc1nc(N)nc2c1ncn2C1OC(CO[P@](=O)(N[C@@H](C)C(=O)OC(C)C)Oc2ccccc2)C(O)[C@]1(F)CF. The largest absolute Gasteiger partial charge is 0.462 e. The Morgan fingerprint density at radius 1 is 1.29 bits per heavy atom. The van der Waals surface area contributed by atoms with Gasteiger partial charge in [0.25, 0.3) is 0 Å². The fraction of sp³-hybridized carbons (Fsp3) is 0.500. The molecule has 2 aromatic heterocycles. The van der Waals surface area contributed by atoms with Gasteiger partial charge in [0.1, 0.15) is 30.7 Å². The molecule has 3 unspecified atom stereocenters. The second-order valence-electron chi connectivity index (χ2n) is 9.57. The predicted octanol–water partition coefficient (Wildman–Crippen LogP) is 2.52. The van der Waals surface area contributed by atoms with Gasteiger partial charge in [-0.2, -0.15) is 15.1 Å². The number of hydrogen-bond acceptors (Lipinski definition) is 12. The summed E-state index contributed by atoms with van der Waals surface area (Å²) in [5, 5.41) is 16.1. The Kier molecular flexibility index (Phi) is 9.09. The Hall–Kier alpha value is -3.43. The molecule has 0 bridgehead atoms. The molecular formula is C24H32F2N7O7P. The Morgan fingerprint density at radius 3 is 2.63 bits per heavy atom. The minimum absolute atomic E-state index is 0.0216. The standard InChI is InChI=1S/C24H32F2N7O7P/c1-13(2)38-21(35)14(3)32-41(36,40-15-8-6-5-7-9-15)37-10-16-18(34)24(26,11-25)22(39-16)33-12-29-17-19(28-4)30-23(27)31-20(17)33/h5-9,12-14,16,18,22,34H,10-11H2,1-4H3,(H,32,36)(H3,27,28,30,31)/t14-,16?,18?,22?,24+,41+/m0/s1. The number of imidazole rings is 1. The van der Waals surface area contributed by atoms with E-state index in [-0.39, 0.29) is 28.7 Å². The van der Waals surface area contributed by atoms with Crippen LogP contribution in [-0.4, -0.2) is 80.9 Å². The topological polar surface area (TPSA) is 185 Å². The molecule has 1 aliphatic rings. The van der Waals surface area contributed by atoms with Gasteiger partial charge < -0.3 is 30.2 Å². The number of carbonyl (C=O) groups is 1. The summed E-state index contributed by atoms with van der Waals surface area (Å²) in [6.45, 7) is 2.31. The first-order valence-electron chi connectivity index (χ1n) is 12.6. The molecule has 0 amide bonds. The number of nitrogen functional groups attached to an aromatic ring is 1. The summed E-state index contributed by atoms with van der Waals surface area (Å²) in [6, 6.07) is 6.79. The first-order chi connectivity index (χ1) is 19.4. The van der Waals surface area contributed by atoms with Crippen molar-refractivity contribution < 1.29 is 41.8 Å². The van der Waals surface area contributed by atoms with Gasteiger partial charge in [-0.25, -0.2) is 18.3 Å². The maximum Gasteiger partial charge on any atom is 0.459 e. The number of nitrogens with zero attached hydrogens (tertiary/aromatic N) is 4. The Labute approximate surface area is 234 Å². The van der Waals surface area contributed by atoms with Gasteiger partial charge in [0.05, 0.1) is 19.0 Å². The fourth-order valence-corrected chi connectivity index (χ4v) is 5.67. The number of alkyl halides is 2. The number of anilines is 2. The third kappa shape index (κ3) is 6.41. The van der Waals surface area contributed by atoms with E-state index in [1.807, 2.05) is 0 Å². The summed E-state index contributed by atoms with van der Waals surface area (Å²) in [5.74, 6) is -0.525. The van der Waals surface area contributed by atoms with Crippen LogP contribution in [0.2, 0.25) is 0 Å². The van der Waals surface area contributed by atoms with E-state index in [2.05, 4.69) is 25.4 Å². The van der Waals surface area contributed by atoms with E-state index in [0.717, 1.165) is 10.9 Å². The molecule has 0 radical (unpaired) electrons. The summed E-state index contributed by atoms with van der Waals surface area (Å²) < 4.78 is 67.0. The van der Waals surface area contributed by atoms with Crippen LogP contribution < -0.4 is 20.7 Å². The van der Waals surface area contributed by atoms with Crippen molar-refractivity contribution in [3.63, 3.8) is 0 Å². The minimum Gasteiger partial charge on any atom is -0.462 e. The van der Waals surface area contributed by atoms with Crippen molar-refractivity contribution in [2.24, 2.45) is 0 Å². The monoisotopic (exact) mass is 599 g/mol. The number of esters is 1. The highest BCUT2D eigenvalue weighted by Crippen LogP contribution is 2.48. The van der Waals surface area contributed by atoms with Crippen molar-refractivity contribution in [3.05, 3.63) is 36.7 Å². The molecule has 3 aromatic rings. The van der Waals surface area contributed by atoms with Gasteiger partial charge in [0.15, 0.2) is 23.2 Å². The number of benzene rings is 1. The molecule has 1 fully saturated rings. The molecule has 17 heteroatoms. The Balaban J connectivity index is 1.59. The molecule has 0 spiro atoms. The molecule has 224 valence electrons. The lowest BCUT2D eigenvalue weighted by Crippen LogP contribution is -2.45. The summed E-state index contributed by atoms with van der Waals surface area (Å²) >= 11 is 0. The van der Waals surface area contributed by atoms with Gasteiger partial charge >= 0.3 is 13.7 Å². The van der Waals surface area contributed by atoms with Crippen molar-refractivity contribution in [1.29, 1.82) is 0 Å². The molecule has 4 rings (SSSR count). The van der Waals surface area contributed by atoms with E-state index in [4.69, 9.17) is 24.3 Å². The average molecular weight is 600 g/mol. The smallest absolute Gasteiger partial charge is 0.459 e. The molecule has 41 heavy (non-hydrogen) atoms. The highest BCUT2D eigenvalue weighted by molar-refractivity contribution is 7.52. The van der Waals surface area contributed by atoms with Gasteiger partial charge in [-0.15, -0.1) is 0 Å². The first-order valence-corrected chi connectivity index (χ1v) is 14.2. The summed E-state index contributed by atoms with van der Waals surface area (Å²) in [6.07, 6.45) is -4.66. The fourth-order valence-electron chi connectivity index (χ4n) is 4.17. The van der Waals surface area contributed by atoms with Crippen molar-refractivity contribution >= 4 is 36.6 Å². The number of para-hydroxylation sites is 1. The maximum absolute atomic E-state index is 16.0. The highest BCUT2D eigenvalue weighted by atomic mass is 31.2. The van der Waals surface area contributed by atoms with Crippen LogP contribution in [0.3, 0.4) is 0 Å². The number of rotatable bonds is 12. The Bertz CT molecular complexity index is 1420. The maximum atomic E-state index is 16.0. The first kappa shape index (κ1) is 30.5. The van der Waals surface area contributed by atoms with Crippen LogP contribution in [0, 0.1) is 0 Å². The third-order valence-corrected chi connectivity index (χ3v) is 7.77. The van der Waals surface area contributed by atoms with Crippen molar-refractivity contribution in [2.75, 3.05) is 31.4 Å². The van der Waals surface area contributed by atoms with E-state index >= 15 is 4.39 Å². The van der Waals surface area contributed by atoms with E-state index in [1.165, 1.54) is 19.1 Å². The molecule has 1 aromatic carbocycles. The molecule has 1 saturated heterocycles. The predicted molar refractivity (Wildman–Crippen MR) is 143 cm³/mol. The summed E-state index contributed by atoms with van der Waals surface area (Å²) in [4.78, 5) is 24.6. The van der Waals surface area contributed by atoms with Crippen molar-refractivity contribution in [2.45, 2.75) is 57.0 Å². The molecule has 5 N–H and O–H groups in total. The molecule has 0 saturated carbocycles. The van der Waals surface area contributed by atoms with E-state index < -0.39 is 63.2 Å². The number of nitrogens with one attached hydrogen (secondary N) is 2. The lowest BCUT2D eigenvalue weighted by Gasteiger charge is -2.26. The number of halogens is 2. The second-order valence-corrected chi connectivity index (χ2v) is 11.3. The van der Waals surface area contributed by atoms with Crippen LogP contribution in [-0.2, 0) is 23.4 Å². The number of nitrogens with two attached hydrogens (primary N) is 1.